The molecule has 2 rings (SSSR count). The van der Waals surface area contributed by atoms with E-state index in [1.807, 2.05) is 12.1 Å². The van der Waals surface area contributed by atoms with Crippen molar-refractivity contribution in [2.75, 3.05) is 13.2 Å². The second-order valence-corrected chi connectivity index (χ2v) is 3.61. The maximum atomic E-state index is 9.22. The molecule has 1 saturated heterocycles. The first-order valence-electron chi connectivity index (χ1n) is 4.41. The monoisotopic (exact) mass is 214 g/mol. The van der Waals surface area contributed by atoms with Crippen LogP contribution in [0.1, 0.15) is 5.69 Å². The van der Waals surface area contributed by atoms with E-state index in [0.717, 1.165) is 5.69 Å². The number of aromatic nitrogens is 1. The maximum absolute atomic E-state index is 9.22. The van der Waals surface area contributed by atoms with Crippen molar-refractivity contribution in [3.63, 3.8) is 0 Å². The second-order valence-electron chi connectivity index (χ2n) is 3.22. The Balaban J connectivity index is 1.97. The molecule has 0 aromatic carbocycles. The molecule has 0 spiro atoms. The zero-order valence-electron chi connectivity index (χ0n) is 7.56. The molecule has 1 fully saturated rings. The Labute approximate surface area is 87.0 Å². The van der Waals surface area contributed by atoms with E-state index in [9.17, 15) is 5.11 Å². The van der Waals surface area contributed by atoms with Crippen molar-refractivity contribution in [2.24, 2.45) is 0 Å². The molecular formula is C9H11ClN2O2. The van der Waals surface area contributed by atoms with Gasteiger partial charge in [-0.15, -0.1) is 0 Å². The standard InChI is InChI=1S/C9H11ClN2O2/c10-9-3-1-2-7(11-9)4-12-5-8(13)6-14-12/h1-3,8,13H,4-6H2. The molecule has 14 heavy (non-hydrogen) atoms. The van der Waals surface area contributed by atoms with Gasteiger partial charge in [-0.05, 0) is 12.1 Å². The fraction of sp³-hybridized carbons (Fsp3) is 0.444. The molecule has 2 heterocycles. The van der Waals surface area contributed by atoms with Crippen LogP contribution in [0.5, 0.6) is 0 Å². The summed E-state index contributed by atoms with van der Waals surface area (Å²) in [5.74, 6) is 0. The third-order valence-corrected chi connectivity index (χ3v) is 2.19. The van der Waals surface area contributed by atoms with E-state index in [1.165, 1.54) is 0 Å². The molecule has 0 aliphatic carbocycles. The molecule has 1 aliphatic rings. The summed E-state index contributed by atoms with van der Waals surface area (Å²) in [4.78, 5) is 9.33. The minimum atomic E-state index is -0.394. The van der Waals surface area contributed by atoms with Crippen LogP contribution in [-0.4, -0.2) is 34.4 Å². The van der Waals surface area contributed by atoms with Gasteiger partial charge in [0.15, 0.2) is 0 Å². The molecule has 1 aliphatic heterocycles. The summed E-state index contributed by atoms with van der Waals surface area (Å²) in [6.07, 6.45) is -0.394. The molecule has 1 atom stereocenters. The summed E-state index contributed by atoms with van der Waals surface area (Å²) in [5.41, 5.74) is 0.839. The number of rotatable bonds is 2. The molecular weight excluding hydrogens is 204 g/mol. The van der Waals surface area contributed by atoms with Crippen LogP contribution in [0, 0.1) is 0 Å². The van der Waals surface area contributed by atoms with Gasteiger partial charge in [0.1, 0.15) is 5.15 Å². The van der Waals surface area contributed by atoms with Crippen molar-refractivity contribution in [1.29, 1.82) is 0 Å². The van der Waals surface area contributed by atoms with Gasteiger partial charge in [0, 0.05) is 0 Å². The van der Waals surface area contributed by atoms with Gasteiger partial charge in [-0.25, -0.2) is 4.98 Å². The summed E-state index contributed by atoms with van der Waals surface area (Å²) in [6.45, 7) is 1.44. The Morgan fingerprint density at radius 1 is 1.64 bits per heavy atom. The van der Waals surface area contributed by atoms with Crippen molar-refractivity contribution >= 4 is 11.6 Å². The minimum absolute atomic E-state index is 0.362. The highest BCUT2D eigenvalue weighted by atomic mass is 35.5. The van der Waals surface area contributed by atoms with E-state index in [0.29, 0.717) is 24.8 Å². The first-order chi connectivity index (χ1) is 6.74. The topological polar surface area (TPSA) is 45.6 Å². The lowest BCUT2D eigenvalue weighted by molar-refractivity contribution is -0.118. The van der Waals surface area contributed by atoms with Gasteiger partial charge in [0.25, 0.3) is 0 Å². The Bertz CT molecular complexity index is 321. The number of hydrogen-bond acceptors (Lipinski definition) is 4. The van der Waals surface area contributed by atoms with Gasteiger partial charge in [0.05, 0.1) is 31.5 Å². The van der Waals surface area contributed by atoms with E-state index >= 15 is 0 Å². The number of pyridine rings is 1. The predicted octanol–water partition coefficient (Wildman–Crippen LogP) is 0.843. The summed E-state index contributed by atoms with van der Waals surface area (Å²) in [6, 6.07) is 5.45. The van der Waals surface area contributed by atoms with Crippen molar-refractivity contribution in [3.05, 3.63) is 29.0 Å². The maximum Gasteiger partial charge on any atom is 0.129 e. The molecule has 1 aromatic rings. The molecule has 0 amide bonds. The van der Waals surface area contributed by atoms with Gasteiger partial charge in [-0.2, -0.15) is 5.06 Å². The van der Waals surface area contributed by atoms with E-state index < -0.39 is 6.10 Å². The molecule has 1 unspecified atom stereocenters. The Hall–Kier alpha value is -0.680. The molecule has 0 saturated carbocycles. The smallest absolute Gasteiger partial charge is 0.129 e. The predicted molar refractivity (Wildman–Crippen MR) is 51.6 cm³/mol. The summed E-state index contributed by atoms with van der Waals surface area (Å²) < 4.78 is 0. The summed E-state index contributed by atoms with van der Waals surface area (Å²) >= 11 is 5.74. The van der Waals surface area contributed by atoms with Crippen molar-refractivity contribution < 1.29 is 9.94 Å². The van der Waals surface area contributed by atoms with Crippen LogP contribution < -0.4 is 0 Å². The Morgan fingerprint density at radius 2 is 2.50 bits per heavy atom. The zero-order chi connectivity index (χ0) is 9.97. The fourth-order valence-electron chi connectivity index (χ4n) is 1.36. The molecule has 0 radical (unpaired) electrons. The van der Waals surface area contributed by atoms with Crippen LogP contribution in [-0.2, 0) is 11.4 Å². The third-order valence-electron chi connectivity index (χ3n) is 1.98. The van der Waals surface area contributed by atoms with Crippen LogP contribution in [0.3, 0.4) is 0 Å². The lowest BCUT2D eigenvalue weighted by atomic mass is 10.3. The third kappa shape index (κ3) is 2.42. The van der Waals surface area contributed by atoms with E-state index in [1.54, 1.807) is 11.1 Å². The van der Waals surface area contributed by atoms with Gasteiger partial charge in [-0.1, -0.05) is 17.7 Å². The van der Waals surface area contributed by atoms with E-state index in [-0.39, 0.29) is 0 Å². The van der Waals surface area contributed by atoms with Crippen molar-refractivity contribution in [2.45, 2.75) is 12.6 Å². The number of nitrogens with zero attached hydrogens (tertiary/aromatic N) is 2. The summed E-state index contributed by atoms with van der Waals surface area (Å²) in [5, 5.41) is 11.4. The highest BCUT2D eigenvalue weighted by Crippen LogP contribution is 2.11. The van der Waals surface area contributed by atoms with Crippen LogP contribution in [0.15, 0.2) is 18.2 Å². The van der Waals surface area contributed by atoms with Gasteiger partial charge < -0.3 is 5.11 Å². The Morgan fingerprint density at radius 3 is 3.14 bits per heavy atom. The highest BCUT2D eigenvalue weighted by Gasteiger charge is 2.21. The molecule has 1 N–H and O–H groups in total. The molecule has 4 nitrogen and oxygen atoms in total. The number of β-amino-alcohol motifs (C(OH)–C–C–N with tert-alkyl or cyclic N) is 1. The van der Waals surface area contributed by atoms with E-state index in [4.69, 9.17) is 16.4 Å². The summed E-state index contributed by atoms with van der Waals surface area (Å²) in [7, 11) is 0. The SMILES string of the molecule is OC1CON(Cc2cccc(Cl)n2)C1. The lowest BCUT2D eigenvalue weighted by Crippen LogP contribution is -2.20. The molecule has 76 valence electrons. The van der Waals surface area contributed by atoms with Gasteiger partial charge >= 0.3 is 0 Å². The van der Waals surface area contributed by atoms with Crippen LogP contribution in [0.4, 0.5) is 0 Å². The van der Waals surface area contributed by atoms with Crippen molar-refractivity contribution in [3.8, 4) is 0 Å². The van der Waals surface area contributed by atoms with Crippen LogP contribution in [0.2, 0.25) is 5.15 Å². The molecule has 1 aromatic heterocycles. The fourth-order valence-corrected chi connectivity index (χ4v) is 1.54. The first kappa shape index (κ1) is 9.86. The molecule has 5 heteroatoms. The number of hydroxylamine groups is 2. The second kappa shape index (κ2) is 4.23. The van der Waals surface area contributed by atoms with Crippen molar-refractivity contribution in [1.82, 2.24) is 10.0 Å². The average Bonchev–Trinajstić information content (AvgIpc) is 2.51. The Kier molecular flexibility index (Phi) is 2.98. The average molecular weight is 215 g/mol. The number of hydrogen-bond donors (Lipinski definition) is 1. The van der Waals surface area contributed by atoms with Crippen LogP contribution >= 0.6 is 11.6 Å². The number of aliphatic hydroxyl groups is 1. The number of halogens is 1. The van der Waals surface area contributed by atoms with Crippen LogP contribution in [0.25, 0.3) is 0 Å². The zero-order valence-corrected chi connectivity index (χ0v) is 8.31. The first-order valence-corrected chi connectivity index (χ1v) is 4.79. The number of aliphatic hydroxyl groups excluding tert-OH is 1. The minimum Gasteiger partial charge on any atom is -0.389 e. The van der Waals surface area contributed by atoms with E-state index in [2.05, 4.69) is 4.98 Å². The quantitative estimate of drug-likeness (QED) is 0.742. The van der Waals surface area contributed by atoms with Gasteiger partial charge in [-0.3, -0.25) is 4.84 Å². The normalized spacial score (nSPS) is 22.9. The lowest BCUT2D eigenvalue weighted by Gasteiger charge is -2.12. The largest absolute Gasteiger partial charge is 0.389 e. The molecule has 0 bridgehead atoms. The van der Waals surface area contributed by atoms with Gasteiger partial charge in [0.2, 0.25) is 0 Å². The highest BCUT2D eigenvalue weighted by molar-refractivity contribution is 6.29.